The zero-order valence-corrected chi connectivity index (χ0v) is 7.77. The number of hydrogen-bond acceptors (Lipinski definition) is 3. The number of carboxylic acid groups (broad SMARTS) is 1. The van der Waals surface area contributed by atoms with Crippen LogP contribution >= 0.6 is 0 Å². The molecule has 0 bridgehead atoms. The smallest absolute Gasteiger partial charge is 0.323 e. The van der Waals surface area contributed by atoms with Gasteiger partial charge in [0.2, 0.25) is 0 Å². The molecule has 1 aromatic rings. The zero-order chi connectivity index (χ0) is 9.84. The predicted molar refractivity (Wildman–Crippen MR) is 46.4 cm³/mol. The predicted octanol–water partition coefficient (Wildman–Crippen LogP) is 0.876. The maximum atomic E-state index is 10.5. The van der Waals surface area contributed by atoms with Gasteiger partial charge in [0.15, 0.2) is 0 Å². The lowest BCUT2D eigenvalue weighted by Gasteiger charge is -2.08. The average Bonchev–Trinajstić information content (AvgIpc) is 2.50. The number of nitrogens with zero attached hydrogens (tertiary/aromatic N) is 3. The Bertz CT molecular complexity index is 295. The monoisotopic (exact) mass is 183 g/mol. The Labute approximate surface area is 76.4 Å². The first-order valence-corrected chi connectivity index (χ1v) is 4.24. The summed E-state index contributed by atoms with van der Waals surface area (Å²) in [5.74, 6) is 0.121. The van der Waals surface area contributed by atoms with Crippen molar-refractivity contribution < 1.29 is 9.90 Å². The second-order valence-electron chi connectivity index (χ2n) is 3.02. The van der Waals surface area contributed by atoms with Gasteiger partial charge in [-0.15, -0.1) is 10.2 Å². The number of carbonyl (C=O) groups is 1. The minimum Gasteiger partial charge on any atom is -0.480 e. The Morgan fingerprint density at radius 1 is 1.77 bits per heavy atom. The molecular weight excluding hydrogens is 170 g/mol. The largest absolute Gasteiger partial charge is 0.480 e. The van der Waals surface area contributed by atoms with Gasteiger partial charge in [0.05, 0.1) is 0 Å². The van der Waals surface area contributed by atoms with Crippen LogP contribution in [0.4, 0.5) is 0 Å². The van der Waals surface area contributed by atoms with Crippen molar-refractivity contribution in [3.63, 3.8) is 0 Å². The first kappa shape index (κ1) is 9.70. The number of aliphatic carboxylic acids is 1. The van der Waals surface area contributed by atoms with E-state index < -0.39 is 5.97 Å². The molecule has 0 saturated carbocycles. The van der Waals surface area contributed by atoms with Crippen LogP contribution in [0.15, 0.2) is 6.33 Å². The Hall–Kier alpha value is -1.39. The minimum absolute atomic E-state index is 0.0628. The van der Waals surface area contributed by atoms with E-state index in [1.165, 1.54) is 6.33 Å². The lowest BCUT2D eigenvalue weighted by Crippen LogP contribution is -2.12. The Balaban J connectivity index is 2.82. The lowest BCUT2D eigenvalue weighted by atomic mass is 10.1. The van der Waals surface area contributed by atoms with Crippen molar-refractivity contribution in [2.45, 2.75) is 32.7 Å². The minimum atomic E-state index is -0.871. The molecule has 1 N–H and O–H groups in total. The van der Waals surface area contributed by atoms with Crippen molar-refractivity contribution in [2.75, 3.05) is 0 Å². The Kier molecular flexibility index (Phi) is 3.00. The summed E-state index contributed by atoms with van der Waals surface area (Å²) in [5, 5.41) is 16.2. The van der Waals surface area contributed by atoms with Gasteiger partial charge in [-0.25, -0.2) is 0 Å². The molecule has 0 amide bonds. The first-order valence-electron chi connectivity index (χ1n) is 4.24. The molecular formula is C8H13N3O2. The van der Waals surface area contributed by atoms with Crippen molar-refractivity contribution in [3.8, 4) is 0 Å². The molecule has 1 heterocycles. The van der Waals surface area contributed by atoms with Gasteiger partial charge in [0.1, 0.15) is 18.7 Å². The first-order chi connectivity index (χ1) is 6.15. The van der Waals surface area contributed by atoms with E-state index in [9.17, 15) is 4.79 Å². The highest BCUT2D eigenvalue weighted by molar-refractivity contribution is 5.66. The van der Waals surface area contributed by atoms with E-state index in [1.54, 1.807) is 4.57 Å². The van der Waals surface area contributed by atoms with Gasteiger partial charge < -0.3 is 9.67 Å². The summed E-state index contributed by atoms with van der Waals surface area (Å²) in [6.45, 7) is 3.97. The van der Waals surface area contributed by atoms with Crippen LogP contribution in [0.1, 0.15) is 32.0 Å². The fourth-order valence-corrected chi connectivity index (χ4v) is 1.10. The SMILES string of the molecule is CCC(C)c1nncn1CC(=O)O. The molecule has 0 aliphatic heterocycles. The highest BCUT2D eigenvalue weighted by atomic mass is 16.4. The van der Waals surface area contributed by atoms with Gasteiger partial charge in [0, 0.05) is 5.92 Å². The molecule has 0 radical (unpaired) electrons. The van der Waals surface area contributed by atoms with E-state index in [-0.39, 0.29) is 12.5 Å². The summed E-state index contributed by atoms with van der Waals surface area (Å²) in [6, 6.07) is 0. The van der Waals surface area contributed by atoms with Crippen molar-refractivity contribution in [1.29, 1.82) is 0 Å². The number of hydrogen-bond donors (Lipinski definition) is 1. The molecule has 1 unspecified atom stereocenters. The quantitative estimate of drug-likeness (QED) is 0.752. The van der Waals surface area contributed by atoms with Crippen LogP contribution in [0, 0.1) is 0 Å². The third-order valence-electron chi connectivity index (χ3n) is 2.00. The molecule has 0 saturated heterocycles. The normalized spacial score (nSPS) is 12.8. The van der Waals surface area contributed by atoms with Crippen LogP contribution in [0.3, 0.4) is 0 Å². The highest BCUT2D eigenvalue weighted by Gasteiger charge is 2.12. The average molecular weight is 183 g/mol. The molecule has 13 heavy (non-hydrogen) atoms. The van der Waals surface area contributed by atoms with Crippen molar-refractivity contribution in [1.82, 2.24) is 14.8 Å². The number of aromatic nitrogens is 3. The van der Waals surface area contributed by atoms with E-state index in [1.807, 2.05) is 13.8 Å². The Morgan fingerprint density at radius 2 is 2.46 bits per heavy atom. The summed E-state index contributed by atoms with van der Waals surface area (Å²) < 4.78 is 1.57. The maximum absolute atomic E-state index is 10.5. The highest BCUT2D eigenvalue weighted by Crippen LogP contribution is 2.15. The van der Waals surface area contributed by atoms with Crippen LogP contribution in [0.25, 0.3) is 0 Å². The van der Waals surface area contributed by atoms with Gasteiger partial charge in [-0.1, -0.05) is 13.8 Å². The topological polar surface area (TPSA) is 68.0 Å². The van der Waals surface area contributed by atoms with Gasteiger partial charge in [-0.3, -0.25) is 4.79 Å². The molecule has 5 nitrogen and oxygen atoms in total. The number of rotatable bonds is 4. The van der Waals surface area contributed by atoms with Gasteiger partial charge in [-0.2, -0.15) is 0 Å². The summed E-state index contributed by atoms with van der Waals surface area (Å²) in [7, 11) is 0. The van der Waals surface area contributed by atoms with E-state index in [2.05, 4.69) is 10.2 Å². The van der Waals surface area contributed by atoms with Crippen LogP contribution < -0.4 is 0 Å². The third kappa shape index (κ3) is 2.27. The van der Waals surface area contributed by atoms with E-state index in [4.69, 9.17) is 5.11 Å². The van der Waals surface area contributed by atoms with Crippen molar-refractivity contribution >= 4 is 5.97 Å². The summed E-state index contributed by atoms with van der Waals surface area (Å²) >= 11 is 0. The molecule has 0 aliphatic rings. The molecule has 1 atom stereocenters. The summed E-state index contributed by atoms with van der Waals surface area (Å²) in [6.07, 6.45) is 2.38. The van der Waals surface area contributed by atoms with Crippen LogP contribution in [0.5, 0.6) is 0 Å². The molecule has 1 rings (SSSR count). The zero-order valence-electron chi connectivity index (χ0n) is 7.77. The van der Waals surface area contributed by atoms with Crippen LogP contribution in [-0.4, -0.2) is 25.8 Å². The van der Waals surface area contributed by atoms with Gasteiger partial charge in [0.25, 0.3) is 0 Å². The summed E-state index contributed by atoms with van der Waals surface area (Å²) in [5.41, 5.74) is 0. The molecule has 5 heteroatoms. The van der Waals surface area contributed by atoms with Gasteiger partial charge >= 0.3 is 5.97 Å². The van der Waals surface area contributed by atoms with Crippen molar-refractivity contribution in [3.05, 3.63) is 12.2 Å². The van der Waals surface area contributed by atoms with Gasteiger partial charge in [-0.05, 0) is 6.42 Å². The molecule has 72 valence electrons. The van der Waals surface area contributed by atoms with E-state index in [0.29, 0.717) is 0 Å². The third-order valence-corrected chi connectivity index (χ3v) is 2.00. The van der Waals surface area contributed by atoms with E-state index in [0.717, 1.165) is 12.2 Å². The fourth-order valence-electron chi connectivity index (χ4n) is 1.10. The summed E-state index contributed by atoms with van der Waals surface area (Å²) in [4.78, 5) is 10.5. The molecule has 1 aromatic heterocycles. The molecule has 0 fully saturated rings. The van der Waals surface area contributed by atoms with Crippen molar-refractivity contribution in [2.24, 2.45) is 0 Å². The fraction of sp³-hybridized carbons (Fsp3) is 0.625. The molecule has 0 spiro atoms. The molecule has 0 aliphatic carbocycles. The standard InChI is InChI=1S/C8H13N3O2/c1-3-6(2)8-10-9-5-11(8)4-7(12)13/h5-6H,3-4H2,1-2H3,(H,12,13). The van der Waals surface area contributed by atoms with Crippen LogP contribution in [0.2, 0.25) is 0 Å². The maximum Gasteiger partial charge on any atom is 0.323 e. The lowest BCUT2D eigenvalue weighted by molar-refractivity contribution is -0.137. The van der Waals surface area contributed by atoms with E-state index >= 15 is 0 Å². The van der Waals surface area contributed by atoms with Crippen LogP contribution in [-0.2, 0) is 11.3 Å². The second-order valence-corrected chi connectivity index (χ2v) is 3.02. The number of carboxylic acids is 1. The second kappa shape index (κ2) is 4.02. The Morgan fingerprint density at radius 3 is 3.00 bits per heavy atom. The molecule has 0 aromatic carbocycles.